The Hall–Kier alpha value is -1.17. The number of fused-ring (bicyclic) bond motifs is 1. The van der Waals surface area contributed by atoms with Crippen LogP contribution in [0.1, 0.15) is 5.56 Å². The van der Waals surface area contributed by atoms with Gasteiger partial charge in [0.15, 0.2) is 0 Å². The van der Waals surface area contributed by atoms with Gasteiger partial charge in [0, 0.05) is 16.3 Å². The van der Waals surface area contributed by atoms with Gasteiger partial charge in [-0.1, -0.05) is 18.2 Å². The van der Waals surface area contributed by atoms with Crippen LogP contribution in [0.5, 0.6) is 0 Å². The van der Waals surface area contributed by atoms with Crippen LogP contribution >= 0.6 is 11.3 Å². The van der Waals surface area contributed by atoms with Crippen LogP contribution in [0.15, 0.2) is 23.6 Å². The molecule has 0 atom stereocenters. The molecule has 1 aromatic carbocycles. The molecule has 0 aliphatic heterocycles. The maximum absolute atomic E-state index is 13.1. The molecule has 0 unspecified atom stereocenters. The van der Waals surface area contributed by atoms with Crippen LogP contribution < -0.4 is 0 Å². The van der Waals surface area contributed by atoms with Crippen LogP contribution in [0, 0.1) is 5.38 Å². The fourth-order valence-corrected chi connectivity index (χ4v) is 2.10. The van der Waals surface area contributed by atoms with Crippen molar-refractivity contribution in [3.8, 4) is 0 Å². The van der Waals surface area contributed by atoms with E-state index in [1.165, 1.54) is 17.5 Å². The van der Waals surface area contributed by atoms with Crippen molar-refractivity contribution in [1.82, 2.24) is 0 Å². The zero-order valence-electron chi connectivity index (χ0n) is 7.61. The number of thiophene rings is 1. The van der Waals surface area contributed by atoms with E-state index in [-0.39, 0.29) is 10.8 Å². The fraction of sp³-hybridized carbons (Fsp3) is 0.200. The summed E-state index contributed by atoms with van der Waals surface area (Å²) in [6.07, 6.45) is -5.58. The first kappa shape index (κ1) is 11.3. The van der Waals surface area contributed by atoms with Crippen molar-refractivity contribution >= 4 is 22.1 Å². The third-order valence-corrected chi connectivity index (χ3v) is 2.84. The van der Waals surface area contributed by atoms with E-state index in [1.54, 1.807) is 0 Å². The first-order valence-electron chi connectivity index (χ1n) is 4.17. The van der Waals surface area contributed by atoms with Gasteiger partial charge in [-0.2, -0.15) is 22.0 Å². The SMILES string of the molecule is FC(F)(F)C(F)(F)c1cccc2[c]scc12. The topological polar surface area (TPSA) is 0 Å². The maximum Gasteiger partial charge on any atom is 0.458 e. The van der Waals surface area contributed by atoms with Crippen LogP contribution in [0.4, 0.5) is 22.0 Å². The molecule has 1 aromatic heterocycles. The molecule has 1 radical (unpaired) electrons. The van der Waals surface area contributed by atoms with Crippen LogP contribution in [0.3, 0.4) is 0 Å². The van der Waals surface area contributed by atoms with E-state index < -0.39 is 17.7 Å². The Labute approximate surface area is 91.3 Å². The first-order chi connectivity index (χ1) is 7.34. The summed E-state index contributed by atoms with van der Waals surface area (Å²) < 4.78 is 62.9. The van der Waals surface area contributed by atoms with Gasteiger partial charge in [-0.15, -0.1) is 11.3 Å². The average Bonchev–Trinajstić information content (AvgIpc) is 2.62. The predicted molar refractivity (Wildman–Crippen MR) is 50.6 cm³/mol. The van der Waals surface area contributed by atoms with Crippen molar-refractivity contribution < 1.29 is 22.0 Å². The molecule has 1 heterocycles. The maximum atomic E-state index is 13.1. The van der Waals surface area contributed by atoms with E-state index in [1.807, 2.05) is 0 Å². The molecule has 0 aliphatic rings. The van der Waals surface area contributed by atoms with Crippen molar-refractivity contribution in [2.24, 2.45) is 0 Å². The number of benzene rings is 1. The molecule has 0 spiro atoms. The molecule has 0 amide bonds. The summed E-state index contributed by atoms with van der Waals surface area (Å²) in [5.74, 6) is -4.83. The molecule has 0 bridgehead atoms. The van der Waals surface area contributed by atoms with Gasteiger partial charge in [0.2, 0.25) is 0 Å². The Morgan fingerprint density at radius 2 is 1.75 bits per heavy atom. The standard InChI is InChI=1S/C10H4F5S/c11-9(12,10(13,14)15)8-3-1-2-6-4-16-5-7(6)8/h1-3,5H. The molecule has 16 heavy (non-hydrogen) atoms. The summed E-state index contributed by atoms with van der Waals surface area (Å²) in [6.45, 7) is 0. The summed E-state index contributed by atoms with van der Waals surface area (Å²) in [5.41, 5.74) is -1.02. The molecule has 0 saturated carbocycles. The van der Waals surface area contributed by atoms with Gasteiger partial charge < -0.3 is 0 Å². The van der Waals surface area contributed by atoms with Gasteiger partial charge in [-0.25, -0.2) is 0 Å². The van der Waals surface area contributed by atoms with Crippen molar-refractivity contribution in [3.63, 3.8) is 0 Å². The molecule has 2 rings (SSSR count). The fourth-order valence-electron chi connectivity index (χ4n) is 1.36. The largest absolute Gasteiger partial charge is 0.458 e. The van der Waals surface area contributed by atoms with Crippen molar-refractivity contribution in [3.05, 3.63) is 34.5 Å². The Kier molecular flexibility index (Phi) is 2.41. The number of halogens is 5. The molecule has 0 fully saturated rings. The minimum absolute atomic E-state index is 0.102. The zero-order valence-corrected chi connectivity index (χ0v) is 8.42. The number of hydrogen-bond donors (Lipinski definition) is 0. The van der Waals surface area contributed by atoms with Gasteiger partial charge >= 0.3 is 12.1 Å². The molecule has 0 aliphatic carbocycles. The monoisotopic (exact) mass is 251 g/mol. The molecular weight excluding hydrogens is 247 g/mol. The smallest absolute Gasteiger partial charge is 0.191 e. The Balaban J connectivity index is 2.68. The lowest BCUT2D eigenvalue weighted by Crippen LogP contribution is -2.33. The molecule has 0 N–H and O–H groups in total. The van der Waals surface area contributed by atoms with E-state index in [0.29, 0.717) is 0 Å². The lowest BCUT2D eigenvalue weighted by Gasteiger charge is -2.20. The number of alkyl halides is 5. The molecular formula is C10H4F5S. The van der Waals surface area contributed by atoms with E-state index in [4.69, 9.17) is 0 Å². The highest BCUT2D eigenvalue weighted by Crippen LogP contribution is 2.46. The lowest BCUT2D eigenvalue weighted by atomic mass is 10.0. The Morgan fingerprint density at radius 1 is 1.06 bits per heavy atom. The highest BCUT2D eigenvalue weighted by Gasteiger charge is 2.59. The summed E-state index contributed by atoms with van der Waals surface area (Å²) in [6, 6.07) is 3.40. The minimum Gasteiger partial charge on any atom is -0.191 e. The van der Waals surface area contributed by atoms with Gasteiger partial charge in [-0.05, 0) is 5.38 Å². The zero-order chi connectivity index (χ0) is 12.0. The van der Waals surface area contributed by atoms with Gasteiger partial charge in [0.25, 0.3) is 0 Å². The first-order valence-corrected chi connectivity index (χ1v) is 5.05. The summed E-state index contributed by atoms with van der Waals surface area (Å²) >= 11 is 0.968. The molecule has 0 nitrogen and oxygen atoms in total. The van der Waals surface area contributed by atoms with E-state index >= 15 is 0 Å². The van der Waals surface area contributed by atoms with Crippen LogP contribution in [-0.4, -0.2) is 6.18 Å². The van der Waals surface area contributed by atoms with Crippen LogP contribution in [0.2, 0.25) is 0 Å². The second kappa shape index (κ2) is 3.41. The van der Waals surface area contributed by atoms with Gasteiger partial charge in [0.05, 0.1) is 5.38 Å². The summed E-state index contributed by atoms with van der Waals surface area (Å²) in [4.78, 5) is 0. The normalized spacial score (nSPS) is 13.3. The van der Waals surface area contributed by atoms with Gasteiger partial charge in [-0.3, -0.25) is 0 Å². The number of rotatable bonds is 1. The predicted octanol–water partition coefficient (Wildman–Crippen LogP) is 4.36. The van der Waals surface area contributed by atoms with Crippen molar-refractivity contribution in [1.29, 1.82) is 0 Å². The summed E-state index contributed by atoms with van der Waals surface area (Å²) in [5, 5.41) is 4.03. The molecule has 85 valence electrons. The second-order valence-electron chi connectivity index (χ2n) is 3.18. The second-order valence-corrected chi connectivity index (χ2v) is 3.85. The third kappa shape index (κ3) is 1.57. The minimum atomic E-state index is -5.58. The highest BCUT2D eigenvalue weighted by molar-refractivity contribution is 7.08. The molecule has 0 saturated heterocycles. The van der Waals surface area contributed by atoms with E-state index in [9.17, 15) is 22.0 Å². The van der Waals surface area contributed by atoms with Crippen LogP contribution in [0.25, 0.3) is 10.8 Å². The number of hydrogen-bond acceptors (Lipinski definition) is 1. The van der Waals surface area contributed by atoms with Crippen LogP contribution in [-0.2, 0) is 5.92 Å². The quantitative estimate of drug-likeness (QED) is 0.661. The van der Waals surface area contributed by atoms with E-state index in [0.717, 1.165) is 17.4 Å². The van der Waals surface area contributed by atoms with Gasteiger partial charge in [0.1, 0.15) is 0 Å². The Bertz CT molecular complexity index is 511. The molecule has 2 aromatic rings. The Morgan fingerprint density at radius 3 is 2.38 bits per heavy atom. The van der Waals surface area contributed by atoms with Crippen molar-refractivity contribution in [2.75, 3.05) is 0 Å². The summed E-state index contributed by atoms with van der Waals surface area (Å²) in [7, 11) is 0. The van der Waals surface area contributed by atoms with E-state index in [2.05, 4.69) is 5.38 Å². The molecule has 6 heteroatoms. The average molecular weight is 251 g/mol. The highest BCUT2D eigenvalue weighted by atomic mass is 32.1. The third-order valence-electron chi connectivity index (χ3n) is 2.15. The van der Waals surface area contributed by atoms with Crippen molar-refractivity contribution in [2.45, 2.75) is 12.1 Å². The lowest BCUT2D eigenvalue weighted by molar-refractivity contribution is -0.288.